The van der Waals surface area contributed by atoms with Gasteiger partial charge in [-0.1, -0.05) is 17.7 Å². The van der Waals surface area contributed by atoms with Gasteiger partial charge in [0, 0.05) is 0 Å². The first kappa shape index (κ1) is 29.5. The van der Waals surface area contributed by atoms with Crippen LogP contribution in [0.25, 0.3) is 0 Å². The second kappa shape index (κ2) is 12.6. The molecule has 0 aliphatic rings. The lowest BCUT2D eigenvalue weighted by Gasteiger charge is -2.18. The fraction of sp³-hybridized carbons (Fsp3) is 0.231. The van der Waals surface area contributed by atoms with E-state index in [2.05, 4.69) is 4.74 Å². The lowest BCUT2D eigenvalue weighted by atomic mass is 10.2. The molecule has 0 radical (unpaired) electrons. The van der Waals surface area contributed by atoms with Gasteiger partial charge in [0.25, 0.3) is 10.1 Å². The van der Waals surface area contributed by atoms with E-state index in [4.69, 9.17) is 18.4 Å². The molecule has 3 aromatic rings. The van der Waals surface area contributed by atoms with Crippen molar-refractivity contribution in [3.8, 4) is 11.5 Å². The van der Waals surface area contributed by atoms with Crippen LogP contribution in [-0.2, 0) is 23.8 Å². The zero-order chi connectivity index (χ0) is 28.6. The summed E-state index contributed by atoms with van der Waals surface area (Å²) in [6.07, 6.45) is -6.31. The highest BCUT2D eigenvalue weighted by molar-refractivity contribution is 7.86. The molecular weight excluding hydrogens is 545 g/mol. The highest BCUT2D eigenvalue weighted by Crippen LogP contribution is 2.23. The van der Waals surface area contributed by atoms with Crippen LogP contribution >= 0.6 is 0 Å². The quantitative estimate of drug-likeness (QED) is 0.240. The van der Waals surface area contributed by atoms with Crippen LogP contribution in [0.2, 0.25) is 0 Å². The van der Waals surface area contributed by atoms with E-state index in [9.17, 15) is 31.2 Å². The topological polar surface area (TPSA) is 114 Å². The van der Waals surface area contributed by atoms with Gasteiger partial charge in [-0.05, 0) is 67.6 Å². The largest absolute Gasteiger partial charge is 0.573 e. The average Bonchev–Trinajstić information content (AvgIpc) is 2.89. The van der Waals surface area contributed by atoms with Crippen molar-refractivity contribution < 1.29 is 54.3 Å². The number of hydrogen-bond acceptors (Lipinski definition) is 9. The van der Waals surface area contributed by atoms with Gasteiger partial charge >= 0.3 is 18.3 Å². The molecule has 208 valence electrons. The number of rotatable bonds is 11. The molecule has 0 aliphatic carbocycles. The summed E-state index contributed by atoms with van der Waals surface area (Å²) in [5.41, 5.74) is 0.796. The molecule has 9 nitrogen and oxygen atoms in total. The Balaban J connectivity index is 1.72. The Kier molecular flexibility index (Phi) is 9.54. The number of ether oxygens (including phenoxy) is 4. The van der Waals surface area contributed by atoms with Crippen LogP contribution in [0.5, 0.6) is 11.5 Å². The lowest BCUT2D eigenvalue weighted by molar-refractivity contribution is -0.274. The van der Waals surface area contributed by atoms with Crippen LogP contribution in [0.4, 0.5) is 13.2 Å². The third kappa shape index (κ3) is 9.00. The molecule has 3 aromatic carbocycles. The van der Waals surface area contributed by atoms with E-state index in [1.54, 1.807) is 19.1 Å². The number of alkyl halides is 3. The summed E-state index contributed by atoms with van der Waals surface area (Å²) < 4.78 is 86.6. The monoisotopic (exact) mass is 568 g/mol. The summed E-state index contributed by atoms with van der Waals surface area (Å²) in [7, 11) is -2.81. The average molecular weight is 569 g/mol. The molecule has 1 atom stereocenters. The molecule has 0 fully saturated rings. The minimum Gasteiger partial charge on any atom is -0.497 e. The first-order chi connectivity index (χ1) is 18.4. The predicted octanol–water partition coefficient (Wildman–Crippen LogP) is 4.69. The standard InChI is InChI=1S/C26H23F3O9S/c1-17-3-13-23(14-4-17)39(32,33)36-16-22(15-35-24(30)18-5-9-20(34-2)10-6-18)37-25(31)19-7-11-21(12-8-19)38-26(27,28)29/h3-14,22H,15-16H2,1-2H3. The Labute approximate surface area is 222 Å². The second-order valence-corrected chi connectivity index (χ2v) is 9.59. The van der Waals surface area contributed by atoms with E-state index < -0.39 is 53.5 Å². The molecule has 0 amide bonds. The van der Waals surface area contributed by atoms with Crippen molar-refractivity contribution in [3.63, 3.8) is 0 Å². The number of hydrogen-bond donors (Lipinski definition) is 0. The SMILES string of the molecule is COc1ccc(C(=O)OCC(COS(=O)(=O)c2ccc(C)cc2)OC(=O)c2ccc(OC(F)(F)F)cc2)cc1. The maximum absolute atomic E-state index is 12.6. The Bertz CT molecular complexity index is 1370. The molecule has 1 unspecified atom stereocenters. The molecule has 39 heavy (non-hydrogen) atoms. The number of methoxy groups -OCH3 is 1. The van der Waals surface area contributed by atoms with E-state index in [1.165, 1.54) is 43.5 Å². The Morgan fingerprint density at radius 3 is 1.87 bits per heavy atom. The van der Waals surface area contributed by atoms with Crippen molar-refractivity contribution in [1.29, 1.82) is 0 Å². The van der Waals surface area contributed by atoms with Gasteiger partial charge in [0.05, 0.1) is 23.1 Å². The zero-order valence-corrected chi connectivity index (χ0v) is 21.5. The molecule has 0 N–H and O–H groups in total. The first-order valence-electron chi connectivity index (χ1n) is 11.2. The van der Waals surface area contributed by atoms with Gasteiger partial charge in [0.1, 0.15) is 24.7 Å². The third-order valence-corrected chi connectivity index (χ3v) is 6.34. The fourth-order valence-corrected chi connectivity index (χ4v) is 3.98. The number of aryl methyl sites for hydroxylation is 1. The van der Waals surface area contributed by atoms with E-state index in [0.29, 0.717) is 5.75 Å². The molecular formula is C26H23F3O9S. The molecule has 0 bridgehead atoms. The van der Waals surface area contributed by atoms with Gasteiger partial charge in [0.15, 0.2) is 6.10 Å². The second-order valence-electron chi connectivity index (χ2n) is 7.98. The van der Waals surface area contributed by atoms with Gasteiger partial charge in [-0.25, -0.2) is 9.59 Å². The van der Waals surface area contributed by atoms with Crippen LogP contribution in [0.3, 0.4) is 0 Å². The van der Waals surface area contributed by atoms with Gasteiger partial charge in [-0.3, -0.25) is 4.18 Å². The van der Waals surface area contributed by atoms with Crippen LogP contribution in [0, 0.1) is 6.92 Å². The minimum absolute atomic E-state index is 0.145. The van der Waals surface area contributed by atoms with Crippen molar-refractivity contribution >= 4 is 22.1 Å². The summed E-state index contributed by atoms with van der Waals surface area (Å²) in [4.78, 5) is 24.9. The maximum Gasteiger partial charge on any atom is 0.573 e. The molecule has 13 heteroatoms. The van der Waals surface area contributed by atoms with Crippen molar-refractivity contribution in [2.45, 2.75) is 24.3 Å². The molecule has 0 spiro atoms. The summed E-state index contributed by atoms with van der Waals surface area (Å²) >= 11 is 0. The van der Waals surface area contributed by atoms with Crippen LogP contribution in [0.15, 0.2) is 77.7 Å². The van der Waals surface area contributed by atoms with Crippen LogP contribution in [-0.4, -0.2) is 53.1 Å². The van der Waals surface area contributed by atoms with Gasteiger partial charge in [0.2, 0.25) is 0 Å². The number of benzene rings is 3. The molecule has 0 heterocycles. The van der Waals surface area contributed by atoms with Crippen LogP contribution in [0.1, 0.15) is 26.3 Å². The third-order valence-electron chi connectivity index (χ3n) is 5.04. The summed E-state index contributed by atoms with van der Waals surface area (Å²) in [6.45, 7) is 0.466. The summed E-state index contributed by atoms with van der Waals surface area (Å²) in [5.74, 6) is -1.89. The minimum atomic E-state index is -4.92. The summed E-state index contributed by atoms with van der Waals surface area (Å²) in [6, 6.07) is 15.6. The van der Waals surface area contributed by atoms with Crippen molar-refractivity contribution in [3.05, 3.63) is 89.5 Å². The van der Waals surface area contributed by atoms with Gasteiger partial charge < -0.3 is 18.9 Å². The van der Waals surface area contributed by atoms with E-state index in [1.807, 2.05) is 0 Å². The van der Waals surface area contributed by atoms with Crippen molar-refractivity contribution in [2.75, 3.05) is 20.3 Å². The van der Waals surface area contributed by atoms with Gasteiger partial charge in [-0.2, -0.15) is 8.42 Å². The van der Waals surface area contributed by atoms with Crippen molar-refractivity contribution in [2.24, 2.45) is 0 Å². The smallest absolute Gasteiger partial charge is 0.497 e. The number of carbonyl (C=O) groups excluding carboxylic acids is 2. The van der Waals surface area contributed by atoms with Crippen LogP contribution < -0.4 is 9.47 Å². The highest BCUT2D eigenvalue weighted by atomic mass is 32.2. The molecule has 0 saturated heterocycles. The molecule has 0 aliphatic heterocycles. The fourth-order valence-electron chi connectivity index (χ4n) is 3.05. The normalized spacial score (nSPS) is 12.3. The van der Waals surface area contributed by atoms with E-state index in [0.717, 1.165) is 29.8 Å². The number of esters is 2. The van der Waals surface area contributed by atoms with Gasteiger partial charge in [-0.15, -0.1) is 13.2 Å². The lowest BCUT2D eigenvalue weighted by Crippen LogP contribution is -2.31. The van der Waals surface area contributed by atoms with E-state index in [-0.39, 0.29) is 16.0 Å². The first-order valence-corrected chi connectivity index (χ1v) is 12.6. The molecule has 0 saturated carbocycles. The maximum atomic E-state index is 12.6. The van der Waals surface area contributed by atoms with E-state index >= 15 is 0 Å². The van der Waals surface area contributed by atoms with Crippen molar-refractivity contribution in [1.82, 2.24) is 0 Å². The molecule has 3 rings (SSSR count). The number of carbonyl (C=O) groups is 2. The zero-order valence-electron chi connectivity index (χ0n) is 20.6. The summed E-state index contributed by atoms with van der Waals surface area (Å²) in [5, 5.41) is 0. The Morgan fingerprint density at radius 1 is 0.795 bits per heavy atom. The number of halogens is 3. The molecule has 0 aromatic heterocycles. The highest BCUT2D eigenvalue weighted by Gasteiger charge is 2.31. The predicted molar refractivity (Wildman–Crippen MR) is 130 cm³/mol. The Morgan fingerprint density at radius 2 is 1.33 bits per heavy atom. The Hall–Kier alpha value is -4.10.